The molecule has 0 heterocycles. The topological polar surface area (TPSA) is 0 Å². The van der Waals surface area contributed by atoms with Crippen LogP contribution < -0.4 is 0 Å². The lowest BCUT2D eigenvalue weighted by atomic mass is 10.1. The lowest BCUT2D eigenvalue weighted by Gasteiger charge is -1.99. The zero-order valence-electron chi connectivity index (χ0n) is 23.9. The Hall–Kier alpha value is -3.87. The summed E-state index contributed by atoms with van der Waals surface area (Å²) in [6.07, 6.45) is 10.7. The van der Waals surface area contributed by atoms with Gasteiger partial charge in [-0.05, 0) is 70.3 Å². The molecule has 0 aliphatic rings. The van der Waals surface area contributed by atoms with E-state index in [0.717, 1.165) is 29.8 Å². The highest BCUT2D eigenvalue weighted by molar-refractivity contribution is 6.30. The highest BCUT2D eigenvalue weighted by Crippen LogP contribution is 2.10. The summed E-state index contributed by atoms with van der Waals surface area (Å²) in [7, 11) is 0. The highest BCUT2D eigenvalue weighted by atomic mass is 35.5. The maximum atomic E-state index is 5.63. The molecule has 4 rings (SSSR count). The third-order valence-corrected chi connectivity index (χ3v) is 6.23. The minimum Gasteiger partial charge on any atom is -0.0985 e. The SMILES string of the molecule is C=Cc1ccc(CC)cc1.C=Cc1ccc(Cl)cc1.C=Cc1cccc(CC)c1.C=Cc1ccccc1CC. The number of rotatable bonds is 7. The molecule has 0 aliphatic heterocycles. The van der Waals surface area contributed by atoms with Gasteiger partial charge in [0.05, 0.1) is 0 Å². The van der Waals surface area contributed by atoms with E-state index >= 15 is 0 Å². The zero-order valence-corrected chi connectivity index (χ0v) is 24.6. The summed E-state index contributed by atoms with van der Waals surface area (Å²) >= 11 is 5.63. The highest BCUT2D eigenvalue weighted by Gasteiger charge is 1.92. The molecule has 0 saturated heterocycles. The van der Waals surface area contributed by atoms with Gasteiger partial charge in [0.15, 0.2) is 0 Å². The van der Waals surface area contributed by atoms with Gasteiger partial charge < -0.3 is 0 Å². The summed E-state index contributed by atoms with van der Waals surface area (Å²) in [4.78, 5) is 0. The van der Waals surface area contributed by atoms with E-state index in [4.69, 9.17) is 11.6 Å². The number of hydrogen-bond acceptors (Lipinski definition) is 0. The Labute approximate surface area is 242 Å². The van der Waals surface area contributed by atoms with Crippen molar-refractivity contribution in [3.05, 3.63) is 167 Å². The lowest BCUT2D eigenvalue weighted by molar-refractivity contribution is 1.13. The molecule has 0 fully saturated rings. The number of benzene rings is 4. The van der Waals surface area contributed by atoms with Crippen molar-refractivity contribution in [3.63, 3.8) is 0 Å². The fourth-order valence-corrected chi connectivity index (χ4v) is 3.61. The molecule has 0 atom stereocenters. The summed E-state index contributed by atoms with van der Waals surface area (Å²) in [5.41, 5.74) is 8.88. The average Bonchev–Trinajstić information content (AvgIpc) is 3.02. The Morgan fingerprint density at radius 1 is 0.513 bits per heavy atom. The lowest BCUT2D eigenvalue weighted by Crippen LogP contribution is -1.83. The predicted molar refractivity (Wildman–Crippen MR) is 179 cm³/mol. The van der Waals surface area contributed by atoms with Gasteiger partial charge >= 0.3 is 0 Å². The van der Waals surface area contributed by atoms with Gasteiger partial charge in [0.1, 0.15) is 0 Å². The van der Waals surface area contributed by atoms with Gasteiger partial charge in [-0.15, -0.1) is 0 Å². The normalized spacial score (nSPS) is 9.23. The molecule has 0 aromatic heterocycles. The Bertz CT molecular complexity index is 1260. The number of aryl methyl sites for hydroxylation is 3. The van der Waals surface area contributed by atoms with Crippen molar-refractivity contribution < 1.29 is 0 Å². The van der Waals surface area contributed by atoms with Gasteiger partial charge in [-0.2, -0.15) is 0 Å². The molecule has 1 heteroatoms. The quantitative estimate of drug-likeness (QED) is 0.221. The van der Waals surface area contributed by atoms with E-state index < -0.39 is 0 Å². The van der Waals surface area contributed by atoms with Crippen LogP contribution in [0.3, 0.4) is 0 Å². The molecule has 0 spiro atoms. The first-order chi connectivity index (χ1) is 18.9. The van der Waals surface area contributed by atoms with Crippen LogP contribution in [0.2, 0.25) is 5.02 Å². The fourth-order valence-electron chi connectivity index (χ4n) is 3.48. The van der Waals surface area contributed by atoms with Crippen molar-refractivity contribution in [3.8, 4) is 0 Å². The molecule has 0 N–H and O–H groups in total. The van der Waals surface area contributed by atoms with Crippen LogP contribution in [0.1, 0.15) is 59.7 Å². The van der Waals surface area contributed by atoms with Crippen LogP contribution >= 0.6 is 11.6 Å². The minimum absolute atomic E-state index is 0.764. The summed E-state index contributed by atoms with van der Waals surface area (Å²) in [6.45, 7) is 21.2. The van der Waals surface area contributed by atoms with E-state index in [0.29, 0.717) is 0 Å². The van der Waals surface area contributed by atoms with Crippen LogP contribution in [0, 0.1) is 0 Å². The van der Waals surface area contributed by atoms with E-state index in [1.54, 1.807) is 6.08 Å². The fraction of sp³-hybridized carbons (Fsp3) is 0.158. The van der Waals surface area contributed by atoms with Crippen molar-refractivity contribution in [1.82, 2.24) is 0 Å². The standard InChI is InChI=1S/3C10H12.C8H7Cl/c1-3-9-5-7-10(4-2)8-6-9;1-3-9-6-5-7-10(4-2)8-9;1-3-9-7-5-6-8-10(9)4-2;1-2-7-3-5-8(9)6-4-7/h3*3,5-8H,1,4H2,2H3;2-6H,1H2. The molecule has 0 aliphatic carbocycles. The van der Waals surface area contributed by atoms with Gasteiger partial charge in [0, 0.05) is 5.02 Å². The van der Waals surface area contributed by atoms with Gasteiger partial charge in [0.2, 0.25) is 0 Å². The second-order valence-electron chi connectivity index (χ2n) is 8.61. The molecule has 202 valence electrons. The van der Waals surface area contributed by atoms with Crippen molar-refractivity contribution in [1.29, 1.82) is 0 Å². The first-order valence-corrected chi connectivity index (χ1v) is 13.8. The maximum Gasteiger partial charge on any atom is 0.0406 e. The van der Waals surface area contributed by atoms with Gasteiger partial charge in [-0.25, -0.2) is 0 Å². The molecule has 4 aromatic carbocycles. The van der Waals surface area contributed by atoms with E-state index in [-0.39, 0.29) is 0 Å². The van der Waals surface area contributed by atoms with E-state index in [1.807, 2.05) is 48.6 Å². The van der Waals surface area contributed by atoms with Gasteiger partial charge in [-0.1, -0.05) is 168 Å². The van der Waals surface area contributed by atoms with Crippen LogP contribution in [-0.2, 0) is 19.3 Å². The monoisotopic (exact) mass is 534 g/mol. The second-order valence-corrected chi connectivity index (χ2v) is 9.05. The smallest absolute Gasteiger partial charge is 0.0406 e. The second kappa shape index (κ2) is 20.1. The molecular weight excluding hydrogens is 492 g/mol. The molecule has 0 saturated carbocycles. The Morgan fingerprint density at radius 2 is 1.05 bits per heavy atom. The summed E-state index contributed by atoms with van der Waals surface area (Å²) < 4.78 is 0. The molecule has 0 unspecified atom stereocenters. The molecule has 0 nitrogen and oxygen atoms in total. The molecular formula is C38H43Cl. The van der Waals surface area contributed by atoms with Crippen LogP contribution in [-0.4, -0.2) is 0 Å². The summed E-state index contributed by atoms with van der Waals surface area (Å²) in [6, 6.07) is 32.7. The van der Waals surface area contributed by atoms with Crippen LogP contribution in [0.4, 0.5) is 0 Å². The zero-order chi connectivity index (χ0) is 28.9. The number of halogens is 1. The molecule has 0 bridgehead atoms. The van der Waals surface area contributed by atoms with Crippen molar-refractivity contribution in [2.75, 3.05) is 0 Å². The minimum atomic E-state index is 0.764. The first kappa shape index (κ1) is 33.2. The van der Waals surface area contributed by atoms with Crippen LogP contribution in [0.25, 0.3) is 24.3 Å². The third-order valence-electron chi connectivity index (χ3n) is 5.98. The molecule has 0 radical (unpaired) electrons. The van der Waals surface area contributed by atoms with Crippen molar-refractivity contribution >= 4 is 35.9 Å². The van der Waals surface area contributed by atoms with Crippen molar-refractivity contribution in [2.24, 2.45) is 0 Å². The van der Waals surface area contributed by atoms with E-state index in [9.17, 15) is 0 Å². The van der Waals surface area contributed by atoms with Gasteiger partial charge in [0.25, 0.3) is 0 Å². The summed E-state index contributed by atoms with van der Waals surface area (Å²) in [5.74, 6) is 0. The van der Waals surface area contributed by atoms with Crippen molar-refractivity contribution in [2.45, 2.75) is 40.0 Å². The Kier molecular flexibility index (Phi) is 17.1. The van der Waals surface area contributed by atoms with Crippen LogP contribution in [0.15, 0.2) is 123 Å². The maximum absolute atomic E-state index is 5.63. The average molecular weight is 535 g/mol. The van der Waals surface area contributed by atoms with Crippen LogP contribution in [0.5, 0.6) is 0 Å². The first-order valence-electron chi connectivity index (χ1n) is 13.5. The molecule has 4 aromatic rings. The largest absolute Gasteiger partial charge is 0.0985 e. The van der Waals surface area contributed by atoms with E-state index in [2.05, 4.69) is 114 Å². The van der Waals surface area contributed by atoms with Gasteiger partial charge in [-0.3, -0.25) is 0 Å². The third kappa shape index (κ3) is 13.5. The molecule has 0 amide bonds. The van der Waals surface area contributed by atoms with E-state index in [1.165, 1.54) is 33.4 Å². The Morgan fingerprint density at radius 3 is 1.51 bits per heavy atom. The predicted octanol–water partition coefficient (Wildman–Crippen LogP) is 11.7. The summed E-state index contributed by atoms with van der Waals surface area (Å²) in [5, 5.41) is 0.764. The Balaban J connectivity index is 0.000000260. The number of hydrogen-bond donors (Lipinski definition) is 0. The molecule has 39 heavy (non-hydrogen) atoms.